The summed E-state index contributed by atoms with van der Waals surface area (Å²) in [4.78, 5) is 8.44. The smallest absolute Gasteiger partial charge is 0.153 e. The van der Waals surface area contributed by atoms with E-state index in [4.69, 9.17) is 0 Å². The molecule has 0 fully saturated rings. The Morgan fingerprint density at radius 1 is 1.37 bits per heavy atom. The van der Waals surface area contributed by atoms with Crippen LogP contribution in [0, 0.1) is 6.07 Å². The molecule has 0 unspecified atom stereocenters. The first kappa shape index (κ1) is 14.1. The van der Waals surface area contributed by atoms with Crippen LogP contribution in [0.15, 0.2) is 30.6 Å². The van der Waals surface area contributed by atoms with Crippen LogP contribution in [-0.4, -0.2) is 20.2 Å². The molecule has 0 atom stereocenters. The molecule has 1 radical (unpaired) electrons. The first-order chi connectivity index (χ1) is 8.86. The van der Waals surface area contributed by atoms with Crippen LogP contribution in [0.2, 0.25) is 0 Å². The Bertz CT molecular complexity index is 674. The number of anilines is 2. The van der Waals surface area contributed by atoms with Gasteiger partial charge in [0.1, 0.15) is 12.1 Å². The van der Waals surface area contributed by atoms with Crippen molar-refractivity contribution in [1.29, 1.82) is 0 Å². The number of hydrogen-bond acceptors (Lipinski definition) is 4. The predicted octanol–water partition coefficient (Wildman–Crippen LogP) is 2.46. The SMILES string of the molecule is CCc1cc(Nc2ncnc3c[c-]ccc23)n[nH]1.[Y]. The van der Waals surface area contributed by atoms with E-state index in [0.29, 0.717) is 0 Å². The normalized spacial score (nSPS) is 10.2. The summed E-state index contributed by atoms with van der Waals surface area (Å²) >= 11 is 0. The Kier molecular flexibility index (Phi) is 4.61. The van der Waals surface area contributed by atoms with Gasteiger partial charge in [0.2, 0.25) is 0 Å². The maximum Gasteiger partial charge on any atom is 0.153 e. The van der Waals surface area contributed by atoms with Crippen LogP contribution in [0.3, 0.4) is 0 Å². The van der Waals surface area contributed by atoms with Gasteiger partial charge >= 0.3 is 0 Å². The molecule has 0 spiro atoms. The molecule has 3 rings (SSSR count). The molecule has 0 saturated heterocycles. The monoisotopic (exact) mass is 327 g/mol. The zero-order valence-electron chi connectivity index (χ0n) is 10.5. The molecular formula is C13H12N5Y-. The van der Waals surface area contributed by atoms with Crippen molar-refractivity contribution in [2.75, 3.05) is 5.32 Å². The average molecular weight is 327 g/mol. The summed E-state index contributed by atoms with van der Waals surface area (Å²) < 4.78 is 0. The van der Waals surface area contributed by atoms with Crippen LogP contribution in [0.1, 0.15) is 12.6 Å². The van der Waals surface area contributed by atoms with Gasteiger partial charge in [0.25, 0.3) is 0 Å². The minimum absolute atomic E-state index is 0. The predicted molar refractivity (Wildman–Crippen MR) is 69.6 cm³/mol. The number of hydrogen-bond donors (Lipinski definition) is 2. The fraction of sp³-hybridized carbons (Fsp3) is 0.154. The molecule has 2 aromatic heterocycles. The zero-order chi connectivity index (χ0) is 12.4. The maximum atomic E-state index is 4.25. The van der Waals surface area contributed by atoms with Crippen LogP contribution in [-0.2, 0) is 39.1 Å². The van der Waals surface area contributed by atoms with Gasteiger partial charge in [0.15, 0.2) is 5.82 Å². The van der Waals surface area contributed by atoms with E-state index in [1.807, 2.05) is 24.3 Å². The Labute approximate surface area is 136 Å². The van der Waals surface area contributed by atoms with Crippen molar-refractivity contribution in [2.24, 2.45) is 0 Å². The molecule has 19 heavy (non-hydrogen) atoms. The molecule has 0 amide bonds. The minimum Gasteiger partial charge on any atom is -0.325 e. The van der Waals surface area contributed by atoms with Crippen LogP contribution < -0.4 is 5.32 Å². The van der Waals surface area contributed by atoms with Gasteiger partial charge in [-0.2, -0.15) is 29.4 Å². The fourth-order valence-electron chi connectivity index (χ4n) is 1.77. The molecule has 0 saturated carbocycles. The molecule has 0 aliphatic rings. The van der Waals surface area contributed by atoms with Gasteiger partial charge < -0.3 is 10.3 Å². The van der Waals surface area contributed by atoms with Gasteiger partial charge in [0.05, 0.1) is 0 Å². The summed E-state index contributed by atoms with van der Waals surface area (Å²) in [6, 6.07) is 10.6. The Morgan fingerprint density at radius 3 is 3.05 bits per heavy atom. The van der Waals surface area contributed by atoms with E-state index in [1.54, 1.807) is 0 Å². The largest absolute Gasteiger partial charge is 0.325 e. The van der Waals surface area contributed by atoms with Gasteiger partial charge in [-0.05, 0) is 11.9 Å². The fourth-order valence-corrected chi connectivity index (χ4v) is 1.77. The Morgan fingerprint density at radius 2 is 2.26 bits per heavy atom. The minimum atomic E-state index is 0. The number of H-pyrrole nitrogens is 1. The molecule has 3 aromatic rings. The molecule has 93 valence electrons. The number of aromatic amines is 1. The molecule has 1 aromatic carbocycles. The topological polar surface area (TPSA) is 66.5 Å². The molecular weight excluding hydrogens is 315 g/mol. The van der Waals surface area contributed by atoms with Gasteiger partial charge in [0, 0.05) is 44.5 Å². The van der Waals surface area contributed by atoms with Crippen molar-refractivity contribution in [3.05, 3.63) is 42.4 Å². The van der Waals surface area contributed by atoms with Crippen LogP contribution in [0.4, 0.5) is 11.6 Å². The second kappa shape index (κ2) is 6.21. The first-order valence-corrected chi connectivity index (χ1v) is 5.79. The van der Waals surface area contributed by atoms with E-state index in [1.165, 1.54) is 6.33 Å². The average Bonchev–Trinajstić information content (AvgIpc) is 2.87. The number of rotatable bonds is 3. The number of nitrogens with zero attached hydrogens (tertiary/aromatic N) is 3. The van der Waals surface area contributed by atoms with E-state index in [2.05, 4.69) is 38.5 Å². The summed E-state index contributed by atoms with van der Waals surface area (Å²) in [6.07, 6.45) is 2.46. The summed E-state index contributed by atoms with van der Waals surface area (Å²) in [7, 11) is 0. The second-order valence-corrected chi connectivity index (χ2v) is 3.92. The number of nitrogens with one attached hydrogen (secondary N) is 2. The van der Waals surface area contributed by atoms with Gasteiger partial charge in [-0.3, -0.25) is 5.10 Å². The summed E-state index contributed by atoms with van der Waals surface area (Å²) in [5.41, 5.74) is 1.95. The van der Waals surface area contributed by atoms with E-state index < -0.39 is 0 Å². The summed E-state index contributed by atoms with van der Waals surface area (Å²) in [5, 5.41) is 11.3. The third-order valence-electron chi connectivity index (χ3n) is 2.74. The van der Waals surface area contributed by atoms with Crippen LogP contribution in [0.25, 0.3) is 10.9 Å². The van der Waals surface area contributed by atoms with Crippen molar-refractivity contribution in [3.8, 4) is 0 Å². The van der Waals surface area contributed by atoms with E-state index in [0.717, 1.165) is 34.7 Å². The molecule has 2 N–H and O–H groups in total. The van der Waals surface area contributed by atoms with Crippen molar-refractivity contribution in [1.82, 2.24) is 20.2 Å². The quantitative estimate of drug-likeness (QED) is 0.725. The summed E-state index contributed by atoms with van der Waals surface area (Å²) in [5.74, 6) is 1.52. The number of aromatic nitrogens is 4. The molecule has 0 aliphatic heterocycles. The van der Waals surface area contributed by atoms with Gasteiger partial charge in [-0.1, -0.05) is 12.3 Å². The summed E-state index contributed by atoms with van der Waals surface area (Å²) in [6.45, 7) is 2.08. The van der Waals surface area contributed by atoms with E-state index >= 15 is 0 Å². The molecule has 0 aliphatic carbocycles. The zero-order valence-corrected chi connectivity index (χ0v) is 13.4. The first-order valence-electron chi connectivity index (χ1n) is 5.79. The Balaban J connectivity index is 0.00000133. The molecule has 0 bridgehead atoms. The standard InChI is InChI=1S/C13H12N5.Y/c1-2-9-7-12(18-17-9)16-13-10-5-3-4-6-11(10)14-8-15-13;/h3,5-8H,2H2,1H3,(H2,14,15,16,17,18);/q-1;. The molecule has 2 heterocycles. The third-order valence-corrected chi connectivity index (χ3v) is 2.74. The van der Waals surface area contributed by atoms with E-state index in [-0.39, 0.29) is 32.7 Å². The number of benzene rings is 1. The molecule has 5 nitrogen and oxygen atoms in total. The maximum absolute atomic E-state index is 4.25. The van der Waals surface area contributed by atoms with Crippen LogP contribution >= 0.6 is 0 Å². The number of fused-ring (bicyclic) bond motifs is 1. The van der Waals surface area contributed by atoms with Gasteiger partial charge in [-0.15, -0.1) is 0 Å². The van der Waals surface area contributed by atoms with Crippen LogP contribution in [0.5, 0.6) is 0 Å². The van der Waals surface area contributed by atoms with Crippen molar-refractivity contribution in [2.45, 2.75) is 13.3 Å². The Hall–Kier alpha value is -1.33. The molecule has 6 heteroatoms. The number of aryl methyl sites for hydroxylation is 1. The second-order valence-electron chi connectivity index (χ2n) is 3.92. The van der Waals surface area contributed by atoms with Crippen molar-refractivity contribution < 1.29 is 32.7 Å². The van der Waals surface area contributed by atoms with Gasteiger partial charge in [-0.25, -0.2) is 4.98 Å². The van der Waals surface area contributed by atoms with E-state index in [9.17, 15) is 0 Å². The van der Waals surface area contributed by atoms with Crippen molar-refractivity contribution in [3.63, 3.8) is 0 Å². The third kappa shape index (κ3) is 2.99. The van der Waals surface area contributed by atoms with Crippen molar-refractivity contribution >= 4 is 22.5 Å².